The lowest BCUT2D eigenvalue weighted by Crippen LogP contribution is -2.48. The third-order valence-electron chi connectivity index (χ3n) is 3.19. The van der Waals surface area contributed by atoms with Crippen molar-refractivity contribution >= 4 is 11.4 Å². The van der Waals surface area contributed by atoms with Gasteiger partial charge in [-0.1, -0.05) is 6.07 Å². The number of rotatable bonds is 3. The summed E-state index contributed by atoms with van der Waals surface area (Å²) in [7, 11) is 0. The fraction of sp³-hybridized carbons (Fsp3) is 0.538. The molecule has 0 saturated carbocycles. The molecule has 0 aromatic heterocycles. The van der Waals surface area contributed by atoms with Gasteiger partial charge in [-0.25, -0.2) is 0 Å². The van der Waals surface area contributed by atoms with Gasteiger partial charge >= 0.3 is 0 Å². The van der Waals surface area contributed by atoms with Gasteiger partial charge in [0.15, 0.2) is 0 Å². The van der Waals surface area contributed by atoms with Crippen LogP contribution in [-0.2, 0) is 11.3 Å². The highest BCUT2D eigenvalue weighted by atomic mass is 16.6. The molecule has 1 aromatic rings. The summed E-state index contributed by atoms with van der Waals surface area (Å²) in [6.45, 7) is 5.51. The molecule has 1 aliphatic rings. The fourth-order valence-corrected chi connectivity index (χ4v) is 2.30. The number of nitro benzene ring substituents is 1. The molecule has 0 unspecified atom stereocenters. The van der Waals surface area contributed by atoms with E-state index in [9.17, 15) is 10.1 Å². The standard InChI is InChI=1S/C13H18N2O4/c1-13(2)9-14(5-6-19-13)11-4-3-10(8-16)7-12(11)15(17)18/h3-4,7,16H,5-6,8-9H2,1-2H3. The molecule has 1 aromatic carbocycles. The molecule has 0 radical (unpaired) electrons. The minimum absolute atomic E-state index is 0.0317. The highest BCUT2D eigenvalue weighted by Gasteiger charge is 2.30. The first-order chi connectivity index (χ1) is 8.93. The van der Waals surface area contributed by atoms with Crippen molar-refractivity contribution in [3.05, 3.63) is 33.9 Å². The van der Waals surface area contributed by atoms with Crippen LogP contribution < -0.4 is 4.90 Å². The first-order valence-electron chi connectivity index (χ1n) is 6.20. The number of ether oxygens (including phenoxy) is 1. The Balaban J connectivity index is 2.35. The van der Waals surface area contributed by atoms with Crippen molar-refractivity contribution < 1.29 is 14.8 Å². The minimum atomic E-state index is -0.406. The van der Waals surface area contributed by atoms with Crippen LogP contribution in [0.3, 0.4) is 0 Å². The molecule has 0 spiro atoms. The largest absolute Gasteiger partial charge is 0.392 e. The highest BCUT2D eigenvalue weighted by molar-refractivity contribution is 5.64. The summed E-state index contributed by atoms with van der Waals surface area (Å²) >= 11 is 0. The number of benzene rings is 1. The number of morpholine rings is 1. The molecule has 1 N–H and O–H groups in total. The van der Waals surface area contributed by atoms with E-state index in [4.69, 9.17) is 9.84 Å². The molecule has 104 valence electrons. The Morgan fingerprint density at radius 3 is 2.84 bits per heavy atom. The Kier molecular flexibility index (Phi) is 3.73. The summed E-state index contributed by atoms with van der Waals surface area (Å²) in [6, 6.07) is 4.84. The van der Waals surface area contributed by atoms with Crippen molar-refractivity contribution in [2.45, 2.75) is 26.1 Å². The summed E-state index contributed by atoms with van der Waals surface area (Å²) in [6.07, 6.45) is 0. The second-order valence-electron chi connectivity index (χ2n) is 5.27. The van der Waals surface area contributed by atoms with Crippen LogP contribution in [-0.4, -0.2) is 35.3 Å². The van der Waals surface area contributed by atoms with Crippen molar-refractivity contribution in [1.82, 2.24) is 0 Å². The van der Waals surface area contributed by atoms with Crippen LogP contribution in [0, 0.1) is 10.1 Å². The summed E-state index contributed by atoms with van der Waals surface area (Å²) in [5.41, 5.74) is 0.840. The van der Waals surface area contributed by atoms with Crippen molar-refractivity contribution in [3.8, 4) is 0 Å². The number of anilines is 1. The van der Waals surface area contributed by atoms with Gasteiger partial charge in [0.2, 0.25) is 0 Å². The number of nitro groups is 1. The predicted molar refractivity (Wildman–Crippen MR) is 71.3 cm³/mol. The van der Waals surface area contributed by atoms with Crippen LogP contribution in [0.5, 0.6) is 0 Å². The van der Waals surface area contributed by atoms with Crippen LogP contribution in [0.2, 0.25) is 0 Å². The zero-order chi connectivity index (χ0) is 14.0. The quantitative estimate of drug-likeness (QED) is 0.665. The summed E-state index contributed by atoms with van der Waals surface area (Å²) in [4.78, 5) is 12.7. The molecule has 0 bridgehead atoms. The highest BCUT2D eigenvalue weighted by Crippen LogP contribution is 2.32. The zero-order valence-electron chi connectivity index (χ0n) is 11.1. The number of hydrogen-bond donors (Lipinski definition) is 1. The van der Waals surface area contributed by atoms with E-state index in [0.717, 1.165) is 0 Å². The molecule has 1 fully saturated rings. The molecule has 0 aliphatic carbocycles. The van der Waals surface area contributed by atoms with Crippen LogP contribution >= 0.6 is 0 Å². The van der Waals surface area contributed by atoms with Crippen molar-refractivity contribution in [1.29, 1.82) is 0 Å². The van der Waals surface area contributed by atoms with Gasteiger partial charge in [-0.15, -0.1) is 0 Å². The van der Waals surface area contributed by atoms with Gasteiger partial charge in [-0.2, -0.15) is 0 Å². The van der Waals surface area contributed by atoms with Gasteiger partial charge in [0.05, 0.1) is 23.7 Å². The topological polar surface area (TPSA) is 75.8 Å². The van der Waals surface area contributed by atoms with E-state index in [1.54, 1.807) is 12.1 Å². The third kappa shape index (κ3) is 3.02. The van der Waals surface area contributed by atoms with Crippen molar-refractivity contribution in [3.63, 3.8) is 0 Å². The van der Waals surface area contributed by atoms with Gasteiger partial charge in [-0.3, -0.25) is 10.1 Å². The second-order valence-corrected chi connectivity index (χ2v) is 5.27. The van der Waals surface area contributed by atoms with E-state index < -0.39 is 4.92 Å². The minimum Gasteiger partial charge on any atom is -0.392 e. The van der Waals surface area contributed by atoms with Gasteiger partial charge < -0.3 is 14.7 Å². The lowest BCUT2D eigenvalue weighted by atomic mass is 10.1. The van der Waals surface area contributed by atoms with Gasteiger partial charge in [-0.05, 0) is 25.5 Å². The SMILES string of the molecule is CC1(C)CN(c2ccc(CO)cc2[N+](=O)[O-])CCO1. The zero-order valence-corrected chi connectivity index (χ0v) is 11.1. The Bertz CT molecular complexity index is 488. The van der Waals surface area contributed by atoms with Gasteiger partial charge in [0, 0.05) is 19.2 Å². The monoisotopic (exact) mass is 266 g/mol. The van der Waals surface area contributed by atoms with E-state index in [1.165, 1.54) is 6.07 Å². The van der Waals surface area contributed by atoms with E-state index >= 15 is 0 Å². The van der Waals surface area contributed by atoms with Crippen LogP contribution in [0.4, 0.5) is 11.4 Å². The molecular weight excluding hydrogens is 248 g/mol. The van der Waals surface area contributed by atoms with Crippen molar-refractivity contribution in [2.75, 3.05) is 24.6 Å². The Morgan fingerprint density at radius 1 is 1.53 bits per heavy atom. The molecule has 6 nitrogen and oxygen atoms in total. The van der Waals surface area contributed by atoms with Crippen LogP contribution in [0.15, 0.2) is 18.2 Å². The molecule has 6 heteroatoms. The Labute approximate surface area is 111 Å². The maximum Gasteiger partial charge on any atom is 0.292 e. The number of hydrogen-bond acceptors (Lipinski definition) is 5. The van der Waals surface area contributed by atoms with Gasteiger partial charge in [0.1, 0.15) is 5.69 Å². The molecule has 0 amide bonds. The molecule has 2 rings (SSSR count). The predicted octanol–water partition coefficient (Wildman–Crippen LogP) is 1.70. The summed E-state index contributed by atoms with van der Waals surface area (Å²) < 4.78 is 5.61. The summed E-state index contributed by atoms with van der Waals surface area (Å²) in [5, 5.41) is 20.2. The van der Waals surface area contributed by atoms with Crippen LogP contribution in [0.1, 0.15) is 19.4 Å². The average molecular weight is 266 g/mol. The number of aliphatic hydroxyl groups excluding tert-OH is 1. The lowest BCUT2D eigenvalue weighted by Gasteiger charge is -2.39. The molecule has 1 heterocycles. The Hall–Kier alpha value is -1.66. The Morgan fingerprint density at radius 2 is 2.26 bits per heavy atom. The maximum atomic E-state index is 11.2. The molecule has 0 atom stereocenters. The van der Waals surface area contributed by atoms with E-state index in [0.29, 0.717) is 30.9 Å². The van der Waals surface area contributed by atoms with Crippen LogP contribution in [0.25, 0.3) is 0 Å². The average Bonchev–Trinajstić information content (AvgIpc) is 2.36. The lowest BCUT2D eigenvalue weighted by molar-refractivity contribution is -0.384. The summed E-state index contributed by atoms with van der Waals surface area (Å²) in [5.74, 6) is 0. The smallest absolute Gasteiger partial charge is 0.292 e. The first-order valence-corrected chi connectivity index (χ1v) is 6.20. The van der Waals surface area contributed by atoms with E-state index in [-0.39, 0.29) is 17.9 Å². The van der Waals surface area contributed by atoms with Crippen molar-refractivity contribution in [2.24, 2.45) is 0 Å². The van der Waals surface area contributed by atoms with E-state index in [2.05, 4.69) is 0 Å². The third-order valence-corrected chi connectivity index (χ3v) is 3.19. The molecule has 1 saturated heterocycles. The fourth-order valence-electron chi connectivity index (χ4n) is 2.30. The number of aliphatic hydroxyl groups is 1. The molecule has 19 heavy (non-hydrogen) atoms. The molecule has 1 aliphatic heterocycles. The maximum absolute atomic E-state index is 11.2. The van der Waals surface area contributed by atoms with E-state index in [1.807, 2.05) is 18.7 Å². The van der Waals surface area contributed by atoms with Gasteiger partial charge in [0.25, 0.3) is 5.69 Å². The normalized spacial score (nSPS) is 18.4. The second kappa shape index (κ2) is 5.14. The number of nitrogens with zero attached hydrogens (tertiary/aromatic N) is 2. The first kappa shape index (κ1) is 13.8. The molecular formula is C13H18N2O4.